The quantitative estimate of drug-likeness (QED) is 0.628. The van der Waals surface area contributed by atoms with Gasteiger partial charge in [0.2, 0.25) is 5.91 Å². The highest BCUT2D eigenvalue weighted by Crippen LogP contribution is 2.28. The first kappa shape index (κ1) is 19.2. The molecule has 0 bridgehead atoms. The third kappa shape index (κ3) is 5.71. The third-order valence-electron chi connectivity index (χ3n) is 3.88. The Morgan fingerprint density at radius 3 is 2.40 bits per heavy atom. The van der Waals surface area contributed by atoms with Crippen molar-refractivity contribution in [2.45, 2.75) is 24.8 Å². The number of nitrogens with zero attached hydrogens (tertiary/aromatic N) is 1. The summed E-state index contributed by atoms with van der Waals surface area (Å²) in [4.78, 5) is 15.6. The molecule has 0 aliphatic rings. The minimum absolute atomic E-state index is 0.167. The summed E-state index contributed by atoms with van der Waals surface area (Å²) in [5, 5.41) is 0. The number of benzene rings is 2. The number of rotatable bonds is 9. The summed E-state index contributed by atoms with van der Waals surface area (Å²) in [6.45, 7) is 3.26. The first-order valence-electron chi connectivity index (χ1n) is 8.34. The van der Waals surface area contributed by atoms with Crippen LogP contribution in [0.1, 0.15) is 18.9 Å². The molecule has 0 atom stereocenters. The number of ether oxygens (including phenoxy) is 2. The Balaban J connectivity index is 1.91. The van der Waals surface area contributed by atoms with Gasteiger partial charge in [-0.05, 0) is 36.8 Å². The number of hydrogen-bond donors (Lipinski definition) is 0. The van der Waals surface area contributed by atoms with Gasteiger partial charge in [-0.25, -0.2) is 0 Å². The summed E-state index contributed by atoms with van der Waals surface area (Å²) in [5.74, 6) is 2.33. The van der Waals surface area contributed by atoms with Crippen LogP contribution in [0.4, 0.5) is 0 Å². The number of amides is 1. The van der Waals surface area contributed by atoms with Crippen LogP contribution in [0.2, 0.25) is 0 Å². The van der Waals surface area contributed by atoms with E-state index >= 15 is 0 Å². The highest BCUT2D eigenvalue weighted by molar-refractivity contribution is 7.99. The monoisotopic (exact) mass is 359 g/mol. The first-order chi connectivity index (χ1) is 12.2. The predicted octanol–water partition coefficient (Wildman–Crippen LogP) is 4.23. The smallest absolute Gasteiger partial charge is 0.223 e. The van der Waals surface area contributed by atoms with Crippen molar-refractivity contribution < 1.29 is 14.3 Å². The molecule has 0 radical (unpaired) electrons. The van der Waals surface area contributed by atoms with Crippen molar-refractivity contribution in [3.8, 4) is 11.5 Å². The maximum atomic E-state index is 12.5. The van der Waals surface area contributed by atoms with Crippen molar-refractivity contribution in [2.24, 2.45) is 0 Å². The summed E-state index contributed by atoms with van der Waals surface area (Å²) in [5.41, 5.74) is 1.03. The molecule has 0 aliphatic carbocycles. The minimum atomic E-state index is 0.167. The van der Waals surface area contributed by atoms with E-state index in [1.54, 1.807) is 26.0 Å². The molecule has 2 rings (SSSR count). The van der Waals surface area contributed by atoms with E-state index in [0.717, 1.165) is 11.3 Å². The molecule has 2 aromatic carbocycles. The molecular weight excluding hydrogens is 334 g/mol. The van der Waals surface area contributed by atoms with E-state index in [4.69, 9.17) is 9.47 Å². The van der Waals surface area contributed by atoms with Crippen LogP contribution in [0.25, 0.3) is 0 Å². The predicted molar refractivity (Wildman–Crippen MR) is 102 cm³/mol. The zero-order valence-corrected chi connectivity index (χ0v) is 15.8. The van der Waals surface area contributed by atoms with Gasteiger partial charge in [0.25, 0.3) is 0 Å². The Hall–Kier alpha value is -2.14. The van der Waals surface area contributed by atoms with Gasteiger partial charge in [-0.15, -0.1) is 11.8 Å². The van der Waals surface area contributed by atoms with Crippen LogP contribution in [0.15, 0.2) is 53.4 Å². The zero-order chi connectivity index (χ0) is 18.1. The lowest BCUT2D eigenvalue weighted by atomic mass is 10.2. The van der Waals surface area contributed by atoms with Gasteiger partial charge in [0.05, 0.1) is 14.2 Å². The molecule has 0 aliphatic heterocycles. The minimum Gasteiger partial charge on any atom is -0.493 e. The number of carbonyl (C=O) groups is 1. The van der Waals surface area contributed by atoms with E-state index < -0.39 is 0 Å². The molecule has 134 valence electrons. The van der Waals surface area contributed by atoms with Crippen molar-refractivity contribution >= 4 is 17.7 Å². The lowest BCUT2D eigenvalue weighted by molar-refractivity contribution is -0.131. The normalized spacial score (nSPS) is 10.4. The van der Waals surface area contributed by atoms with Gasteiger partial charge in [-0.3, -0.25) is 4.79 Å². The summed E-state index contributed by atoms with van der Waals surface area (Å²) in [6.07, 6.45) is 0.528. The van der Waals surface area contributed by atoms with Gasteiger partial charge in [0.1, 0.15) is 0 Å². The standard InChI is InChI=1S/C20H25NO3S/c1-4-21(15-16-10-11-18(23-2)19(14-16)24-3)20(22)12-13-25-17-8-6-5-7-9-17/h5-11,14H,4,12-13,15H2,1-3H3. The molecule has 0 N–H and O–H groups in total. The second kappa shape index (κ2) is 9.99. The fourth-order valence-corrected chi connectivity index (χ4v) is 3.37. The zero-order valence-electron chi connectivity index (χ0n) is 15.0. The Morgan fingerprint density at radius 1 is 1.04 bits per heavy atom. The van der Waals surface area contributed by atoms with Gasteiger partial charge in [-0.2, -0.15) is 0 Å². The van der Waals surface area contributed by atoms with Crippen molar-refractivity contribution in [2.75, 3.05) is 26.5 Å². The van der Waals surface area contributed by atoms with E-state index in [1.807, 2.05) is 48.2 Å². The van der Waals surface area contributed by atoms with Gasteiger partial charge >= 0.3 is 0 Å². The SMILES string of the molecule is CCN(Cc1ccc(OC)c(OC)c1)C(=O)CCSc1ccccc1. The van der Waals surface area contributed by atoms with Crippen molar-refractivity contribution in [1.82, 2.24) is 4.90 Å². The second-order valence-electron chi connectivity index (χ2n) is 5.51. The van der Waals surface area contributed by atoms with Gasteiger partial charge < -0.3 is 14.4 Å². The summed E-state index contributed by atoms with van der Waals surface area (Å²) >= 11 is 1.71. The van der Waals surface area contributed by atoms with Gasteiger partial charge in [-0.1, -0.05) is 24.3 Å². The number of hydrogen-bond acceptors (Lipinski definition) is 4. The summed E-state index contributed by atoms with van der Waals surface area (Å²) in [7, 11) is 3.23. The van der Waals surface area contributed by atoms with E-state index in [1.165, 1.54) is 4.90 Å². The first-order valence-corrected chi connectivity index (χ1v) is 9.33. The molecule has 4 nitrogen and oxygen atoms in total. The number of methoxy groups -OCH3 is 2. The molecule has 0 unspecified atom stereocenters. The summed E-state index contributed by atoms with van der Waals surface area (Å²) in [6, 6.07) is 15.9. The van der Waals surface area contributed by atoms with Crippen LogP contribution in [0.3, 0.4) is 0 Å². The average Bonchev–Trinajstić information content (AvgIpc) is 2.66. The van der Waals surface area contributed by atoms with E-state index in [0.29, 0.717) is 31.0 Å². The van der Waals surface area contributed by atoms with Crippen LogP contribution in [0, 0.1) is 0 Å². The lowest BCUT2D eigenvalue weighted by Crippen LogP contribution is -2.30. The molecule has 2 aromatic rings. The Labute approximate surface area is 154 Å². The van der Waals surface area contributed by atoms with E-state index in [-0.39, 0.29) is 5.91 Å². The lowest BCUT2D eigenvalue weighted by Gasteiger charge is -2.21. The molecule has 0 heterocycles. The molecular formula is C20H25NO3S. The molecule has 0 fully saturated rings. The molecule has 0 saturated heterocycles. The molecule has 1 amide bonds. The highest BCUT2D eigenvalue weighted by atomic mass is 32.2. The molecule has 0 aromatic heterocycles. The molecule has 0 spiro atoms. The van der Waals surface area contributed by atoms with Crippen LogP contribution >= 0.6 is 11.8 Å². The largest absolute Gasteiger partial charge is 0.493 e. The highest BCUT2D eigenvalue weighted by Gasteiger charge is 2.13. The Morgan fingerprint density at radius 2 is 1.76 bits per heavy atom. The summed E-state index contributed by atoms with van der Waals surface area (Å²) < 4.78 is 10.6. The van der Waals surface area contributed by atoms with Crippen LogP contribution < -0.4 is 9.47 Å². The Kier molecular flexibility index (Phi) is 7.67. The maximum absolute atomic E-state index is 12.5. The van der Waals surface area contributed by atoms with Crippen molar-refractivity contribution in [1.29, 1.82) is 0 Å². The fraction of sp³-hybridized carbons (Fsp3) is 0.350. The van der Waals surface area contributed by atoms with E-state index in [9.17, 15) is 4.79 Å². The average molecular weight is 359 g/mol. The molecule has 25 heavy (non-hydrogen) atoms. The van der Waals surface area contributed by atoms with Crippen molar-refractivity contribution in [3.63, 3.8) is 0 Å². The van der Waals surface area contributed by atoms with Crippen LogP contribution in [-0.4, -0.2) is 37.3 Å². The number of thioether (sulfide) groups is 1. The second-order valence-corrected chi connectivity index (χ2v) is 6.68. The number of carbonyl (C=O) groups excluding carboxylic acids is 1. The van der Waals surface area contributed by atoms with Gasteiger partial charge in [0.15, 0.2) is 11.5 Å². The third-order valence-corrected chi connectivity index (χ3v) is 4.90. The molecule has 0 saturated carbocycles. The topological polar surface area (TPSA) is 38.8 Å². The van der Waals surface area contributed by atoms with Crippen LogP contribution in [-0.2, 0) is 11.3 Å². The van der Waals surface area contributed by atoms with Crippen molar-refractivity contribution in [3.05, 3.63) is 54.1 Å². The van der Waals surface area contributed by atoms with Crippen LogP contribution in [0.5, 0.6) is 11.5 Å². The van der Waals surface area contributed by atoms with E-state index in [2.05, 4.69) is 12.1 Å². The molecule has 5 heteroatoms. The van der Waals surface area contributed by atoms with Gasteiger partial charge in [0, 0.05) is 30.2 Å². The Bertz CT molecular complexity index is 676. The fourth-order valence-electron chi connectivity index (χ4n) is 2.51. The maximum Gasteiger partial charge on any atom is 0.223 e.